The Morgan fingerprint density at radius 1 is 0.968 bits per heavy atom. The summed E-state index contributed by atoms with van der Waals surface area (Å²) in [6.07, 6.45) is 1.51. The van der Waals surface area contributed by atoms with Gasteiger partial charge in [-0.05, 0) is 63.1 Å². The molecule has 4 rings (SSSR count). The molecule has 1 fully saturated rings. The monoisotopic (exact) mass is 420 g/mol. The zero-order chi connectivity index (χ0) is 21.6. The Bertz CT molecular complexity index is 1030. The summed E-state index contributed by atoms with van der Waals surface area (Å²) in [6, 6.07) is 15.3. The van der Waals surface area contributed by atoms with E-state index in [1.54, 1.807) is 0 Å². The Kier molecular flexibility index (Phi) is 6.50. The molecular weight excluding hydrogens is 392 g/mol. The molecule has 31 heavy (non-hydrogen) atoms. The van der Waals surface area contributed by atoms with Gasteiger partial charge in [0.2, 0.25) is 5.91 Å². The predicted octanol–water partition coefficient (Wildman–Crippen LogP) is 4.28. The maximum absolute atomic E-state index is 12.8. The van der Waals surface area contributed by atoms with E-state index in [9.17, 15) is 4.79 Å². The van der Waals surface area contributed by atoms with Crippen LogP contribution in [0.25, 0.3) is 11.0 Å². The van der Waals surface area contributed by atoms with E-state index in [0.29, 0.717) is 19.1 Å². The van der Waals surface area contributed by atoms with Gasteiger partial charge in [0.1, 0.15) is 5.75 Å². The lowest BCUT2D eigenvalue weighted by atomic mass is 9.96. The van der Waals surface area contributed by atoms with Crippen molar-refractivity contribution in [3.63, 3.8) is 0 Å². The van der Waals surface area contributed by atoms with Crippen LogP contribution < -0.4 is 19.7 Å². The van der Waals surface area contributed by atoms with Crippen molar-refractivity contribution in [1.29, 1.82) is 0 Å². The SMILES string of the molecule is CCOc1ccc(NC(=O)C2CCN(c3nc4ccccc4nc3OCC)CC2)cc1. The number of carbonyl (C=O) groups excluding carboxylic acids is 1. The first-order chi connectivity index (χ1) is 15.2. The molecule has 2 aromatic carbocycles. The van der Waals surface area contributed by atoms with Gasteiger partial charge in [-0.15, -0.1) is 0 Å². The lowest BCUT2D eigenvalue weighted by Gasteiger charge is -2.32. The quantitative estimate of drug-likeness (QED) is 0.615. The normalized spacial score (nSPS) is 14.5. The topological polar surface area (TPSA) is 76.6 Å². The molecule has 1 aromatic heterocycles. The first-order valence-electron chi connectivity index (χ1n) is 10.9. The van der Waals surface area contributed by atoms with Crippen molar-refractivity contribution in [3.8, 4) is 11.6 Å². The number of amides is 1. The average molecular weight is 421 g/mol. The molecule has 0 bridgehead atoms. The minimum atomic E-state index is -0.0354. The fraction of sp³-hybridized carbons (Fsp3) is 0.375. The fourth-order valence-electron chi connectivity index (χ4n) is 3.81. The third kappa shape index (κ3) is 4.87. The van der Waals surface area contributed by atoms with Crippen LogP contribution in [0, 0.1) is 5.92 Å². The number of anilines is 2. The third-order valence-corrected chi connectivity index (χ3v) is 5.40. The smallest absolute Gasteiger partial charge is 0.258 e. The second-order valence-corrected chi connectivity index (χ2v) is 7.48. The zero-order valence-electron chi connectivity index (χ0n) is 18.0. The number of hydrogen-bond donors (Lipinski definition) is 1. The summed E-state index contributed by atoms with van der Waals surface area (Å²) in [6.45, 7) is 6.50. The van der Waals surface area contributed by atoms with Gasteiger partial charge in [0.15, 0.2) is 5.82 Å². The van der Waals surface area contributed by atoms with E-state index >= 15 is 0 Å². The number of rotatable bonds is 7. The van der Waals surface area contributed by atoms with Gasteiger partial charge >= 0.3 is 0 Å². The van der Waals surface area contributed by atoms with Gasteiger partial charge in [-0.1, -0.05) is 12.1 Å². The lowest BCUT2D eigenvalue weighted by molar-refractivity contribution is -0.120. The largest absolute Gasteiger partial charge is 0.494 e. The van der Waals surface area contributed by atoms with Crippen molar-refractivity contribution < 1.29 is 14.3 Å². The van der Waals surface area contributed by atoms with Crippen LogP contribution in [0.4, 0.5) is 11.5 Å². The van der Waals surface area contributed by atoms with Gasteiger partial charge in [-0.3, -0.25) is 4.79 Å². The van der Waals surface area contributed by atoms with Crippen molar-refractivity contribution in [2.75, 3.05) is 36.5 Å². The van der Waals surface area contributed by atoms with Crippen LogP contribution >= 0.6 is 0 Å². The highest BCUT2D eigenvalue weighted by Gasteiger charge is 2.28. The van der Waals surface area contributed by atoms with E-state index in [1.807, 2.05) is 62.4 Å². The standard InChI is InChI=1S/C24H28N4O3/c1-3-30-19-11-9-18(10-12-19)25-23(29)17-13-15-28(16-14-17)22-24(31-4-2)27-21-8-6-5-7-20(21)26-22/h5-12,17H,3-4,13-16H2,1-2H3,(H,25,29). The van der Waals surface area contributed by atoms with E-state index in [2.05, 4.69) is 15.2 Å². The molecule has 0 atom stereocenters. The summed E-state index contributed by atoms with van der Waals surface area (Å²) in [5.41, 5.74) is 2.45. The van der Waals surface area contributed by atoms with Gasteiger partial charge in [-0.25, -0.2) is 9.97 Å². The second-order valence-electron chi connectivity index (χ2n) is 7.48. The molecule has 3 aromatic rings. The first-order valence-corrected chi connectivity index (χ1v) is 10.9. The molecule has 1 N–H and O–H groups in total. The Balaban J connectivity index is 1.41. The van der Waals surface area contributed by atoms with Gasteiger partial charge in [0, 0.05) is 24.7 Å². The number of hydrogen-bond acceptors (Lipinski definition) is 6. The Morgan fingerprint density at radius 2 is 1.61 bits per heavy atom. The molecule has 0 aliphatic carbocycles. The van der Waals surface area contributed by atoms with E-state index in [4.69, 9.17) is 14.5 Å². The Hall–Kier alpha value is -3.35. The molecule has 1 saturated heterocycles. The predicted molar refractivity (Wildman–Crippen MR) is 122 cm³/mol. The van der Waals surface area contributed by atoms with Crippen molar-refractivity contribution in [2.24, 2.45) is 5.92 Å². The maximum Gasteiger partial charge on any atom is 0.258 e. The van der Waals surface area contributed by atoms with Crippen LogP contribution in [-0.2, 0) is 4.79 Å². The summed E-state index contributed by atoms with van der Waals surface area (Å²) >= 11 is 0. The number of carbonyl (C=O) groups is 1. The highest BCUT2D eigenvalue weighted by Crippen LogP contribution is 2.31. The lowest BCUT2D eigenvalue weighted by Crippen LogP contribution is -2.38. The van der Waals surface area contributed by atoms with Crippen molar-refractivity contribution in [1.82, 2.24) is 9.97 Å². The zero-order valence-corrected chi connectivity index (χ0v) is 18.0. The van der Waals surface area contributed by atoms with E-state index < -0.39 is 0 Å². The number of benzene rings is 2. The molecule has 1 aliphatic rings. The average Bonchev–Trinajstić information content (AvgIpc) is 2.80. The summed E-state index contributed by atoms with van der Waals surface area (Å²) in [5.74, 6) is 2.13. The number of nitrogens with one attached hydrogen (secondary N) is 1. The Labute approximate surface area is 182 Å². The molecule has 7 heteroatoms. The minimum Gasteiger partial charge on any atom is -0.494 e. The molecule has 1 amide bonds. The minimum absolute atomic E-state index is 0.0354. The number of aromatic nitrogens is 2. The number of ether oxygens (including phenoxy) is 2. The third-order valence-electron chi connectivity index (χ3n) is 5.40. The molecule has 0 saturated carbocycles. The van der Waals surface area contributed by atoms with E-state index in [-0.39, 0.29) is 11.8 Å². The van der Waals surface area contributed by atoms with Crippen LogP contribution in [-0.4, -0.2) is 42.2 Å². The summed E-state index contributed by atoms with van der Waals surface area (Å²) in [7, 11) is 0. The molecule has 162 valence electrons. The number of fused-ring (bicyclic) bond motifs is 1. The summed E-state index contributed by atoms with van der Waals surface area (Å²) in [5, 5.41) is 3.03. The van der Waals surface area contributed by atoms with Crippen LogP contribution in [0.15, 0.2) is 48.5 Å². The first kappa shape index (κ1) is 20.9. The molecule has 0 unspecified atom stereocenters. The van der Waals surface area contributed by atoms with Gasteiger partial charge < -0.3 is 19.7 Å². The molecule has 2 heterocycles. The van der Waals surface area contributed by atoms with Crippen molar-refractivity contribution in [2.45, 2.75) is 26.7 Å². The molecule has 7 nitrogen and oxygen atoms in total. The van der Waals surface area contributed by atoms with Crippen LogP contribution in [0.5, 0.6) is 11.6 Å². The van der Waals surface area contributed by atoms with Crippen LogP contribution in [0.3, 0.4) is 0 Å². The highest BCUT2D eigenvalue weighted by atomic mass is 16.5. The summed E-state index contributed by atoms with van der Waals surface area (Å²) < 4.78 is 11.2. The fourth-order valence-corrected chi connectivity index (χ4v) is 3.81. The van der Waals surface area contributed by atoms with Crippen molar-refractivity contribution in [3.05, 3.63) is 48.5 Å². The molecular formula is C24H28N4O3. The van der Waals surface area contributed by atoms with Crippen molar-refractivity contribution >= 4 is 28.4 Å². The van der Waals surface area contributed by atoms with E-state index in [0.717, 1.165) is 54.2 Å². The highest BCUT2D eigenvalue weighted by molar-refractivity contribution is 5.92. The Morgan fingerprint density at radius 3 is 2.26 bits per heavy atom. The van der Waals surface area contributed by atoms with Gasteiger partial charge in [0.05, 0.1) is 24.2 Å². The molecule has 0 radical (unpaired) electrons. The van der Waals surface area contributed by atoms with Crippen LogP contribution in [0.1, 0.15) is 26.7 Å². The number of para-hydroxylation sites is 2. The van der Waals surface area contributed by atoms with Crippen LogP contribution in [0.2, 0.25) is 0 Å². The maximum atomic E-state index is 12.8. The van der Waals surface area contributed by atoms with Gasteiger partial charge in [0.25, 0.3) is 5.88 Å². The molecule has 1 aliphatic heterocycles. The number of nitrogens with zero attached hydrogens (tertiary/aromatic N) is 3. The van der Waals surface area contributed by atoms with E-state index in [1.165, 1.54) is 0 Å². The second kappa shape index (κ2) is 9.64. The molecule has 0 spiro atoms. The van der Waals surface area contributed by atoms with Gasteiger partial charge in [-0.2, -0.15) is 0 Å². The number of piperidine rings is 1. The summed E-state index contributed by atoms with van der Waals surface area (Å²) in [4.78, 5) is 24.4.